The Morgan fingerprint density at radius 2 is 0.941 bits per heavy atom. The van der Waals surface area contributed by atoms with E-state index in [1.165, 1.54) is 22.3 Å². The van der Waals surface area contributed by atoms with Gasteiger partial charge in [0.1, 0.15) is 11.5 Å². The van der Waals surface area contributed by atoms with E-state index in [0.717, 1.165) is 33.4 Å². The summed E-state index contributed by atoms with van der Waals surface area (Å²) in [5.74, 6) is 1.37. The lowest BCUT2D eigenvalue weighted by molar-refractivity contribution is 0.273. The molecule has 0 unspecified atom stereocenters. The number of benzene rings is 4. The highest BCUT2D eigenvalue weighted by molar-refractivity contribution is 5.84. The first-order valence-corrected chi connectivity index (χ1v) is 11.3. The SMILES string of the molecule is COc1cc(-c2cccc(-c3cccc(-c4ccc(CO)c(OC)c4)c3C)c2C)ccc1CO. The average Bonchev–Trinajstić information content (AvgIpc) is 2.88. The number of aliphatic hydroxyl groups excluding tert-OH is 2. The summed E-state index contributed by atoms with van der Waals surface area (Å²) in [6.45, 7) is 4.17. The predicted octanol–water partition coefficient (Wildman–Crippen LogP) is 6.31. The molecule has 0 aliphatic heterocycles. The van der Waals surface area contributed by atoms with Crippen LogP contribution < -0.4 is 9.47 Å². The van der Waals surface area contributed by atoms with Crippen molar-refractivity contribution in [2.24, 2.45) is 0 Å². The fourth-order valence-electron chi connectivity index (χ4n) is 4.57. The van der Waals surface area contributed by atoms with Crippen LogP contribution in [0.25, 0.3) is 33.4 Å². The van der Waals surface area contributed by atoms with Crippen molar-refractivity contribution in [2.75, 3.05) is 14.2 Å². The van der Waals surface area contributed by atoms with Crippen LogP contribution in [-0.4, -0.2) is 24.4 Å². The van der Waals surface area contributed by atoms with Crippen molar-refractivity contribution in [2.45, 2.75) is 27.1 Å². The minimum absolute atomic E-state index is 0.0570. The molecule has 2 N–H and O–H groups in total. The van der Waals surface area contributed by atoms with E-state index in [2.05, 4.69) is 50.2 Å². The van der Waals surface area contributed by atoms with Crippen LogP contribution in [0, 0.1) is 13.8 Å². The van der Waals surface area contributed by atoms with Gasteiger partial charge in [-0.1, -0.05) is 60.7 Å². The van der Waals surface area contributed by atoms with Gasteiger partial charge in [0, 0.05) is 11.1 Å². The molecule has 4 aromatic carbocycles. The molecule has 0 aliphatic carbocycles. The molecule has 34 heavy (non-hydrogen) atoms. The average molecular weight is 455 g/mol. The van der Waals surface area contributed by atoms with E-state index in [4.69, 9.17) is 9.47 Å². The van der Waals surface area contributed by atoms with Gasteiger partial charge in [0.15, 0.2) is 0 Å². The number of ether oxygens (including phenoxy) is 2. The van der Waals surface area contributed by atoms with Gasteiger partial charge in [0.25, 0.3) is 0 Å². The van der Waals surface area contributed by atoms with E-state index in [0.29, 0.717) is 11.5 Å². The Labute approximate surface area is 201 Å². The third kappa shape index (κ3) is 4.30. The zero-order chi connectivity index (χ0) is 24.2. The van der Waals surface area contributed by atoms with Crippen LogP contribution in [0.5, 0.6) is 11.5 Å². The monoisotopic (exact) mass is 454 g/mol. The quantitative estimate of drug-likeness (QED) is 0.344. The summed E-state index contributed by atoms with van der Waals surface area (Å²) < 4.78 is 11.0. The highest BCUT2D eigenvalue weighted by Crippen LogP contribution is 2.38. The van der Waals surface area contributed by atoms with Crippen molar-refractivity contribution < 1.29 is 19.7 Å². The largest absolute Gasteiger partial charge is 0.496 e. The first-order valence-electron chi connectivity index (χ1n) is 11.3. The summed E-state index contributed by atoms with van der Waals surface area (Å²) in [6.07, 6.45) is 0. The van der Waals surface area contributed by atoms with Crippen LogP contribution in [0.3, 0.4) is 0 Å². The molecule has 4 rings (SSSR count). The van der Waals surface area contributed by atoms with Crippen LogP contribution in [-0.2, 0) is 13.2 Å². The molecule has 0 spiro atoms. The lowest BCUT2D eigenvalue weighted by atomic mass is 9.87. The third-order valence-corrected chi connectivity index (χ3v) is 6.49. The Morgan fingerprint density at radius 3 is 1.29 bits per heavy atom. The van der Waals surface area contributed by atoms with Crippen molar-refractivity contribution >= 4 is 0 Å². The molecule has 4 heteroatoms. The zero-order valence-electron chi connectivity index (χ0n) is 20.1. The van der Waals surface area contributed by atoms with E-state index in [1.807, 2.05) is 36.4 Å². The van der Waals surface area contributed by atoms with E-state index >= 15 is 0 Å². The third-order valence-electron chi connectivity index (χ3n) is 6.49. The molecule has 0 atom stereocenters. The van der Waals surface area contributed by atoms with Gasteiger partial charge in [-0.15, -0.1) is 0 Å². The highest BCUT2D eigenvalue weighted by atomic mass is 16.5. The molecule has 0 fully saturated rings. The molecule has 4 nitrogen and oxygen atoms in total. The van der Waals surface area contributed by atoms with Gasteiger partial charge >= 0.3 is 0 Å². The molecule has 0 heterocycles. The van der Waals surface area contributed by atoms with Crippen molar-refractivity contribution in [3.05, 3.63) is 95.1 Å². The fraction of sp³-hybridized carbons (Fsp3) is 0.200. The molecule has 0 aromatic heterocycles. The molecule has 0 bridgehead atoms. The fourth-order valence-corrected chi connectivity index (χ4v) is 4.57. The van der Waals surface area contributed by atoms with Crippen LogP contribution in [0.15, 0.2) is 72.8 Å². The molecule has 0 saturated carbocycles. The molecule has 4 aromatic rings. The van der Waals surface area contributed by atoms with Crippen molar-refractivity contribution in [1.82, 2.24) is 0 Å². The van der Waals surface area contributed by atoms with Gasteiger partial charge in [-0.3, -0.25) is 0 Å². The summed E-state index contributed by atoms with van der Waals surface area (Å²) in [4.78, 5) is 0. The van der Waals surface area contributed by atoms with Crippen molar-refractivity contribution in [1.29, 1.82) is 0 Å². The predicted molar refractivity (Wildman–Crippen MR) is 137 cm³/mol. The molecular weight excluding hydrogens is 424 g/mol. The summed E-state index contributed by atoms with van der Waals surface area (Å²) >= 11 is 0. The van der Waals surface area contributed by atoms with E-state index < -0.39 is 0 Å². The lowest BCUT2D eigenvalue weighted by Crippen LogP contribution is -1.96. The molecule has 174 valence electrons. The van der Waals surface area contributed by atoms with Crippen molar-refractivity contribution in [3.8, 4) is 44.9 Å². The molecule has 0 amide bonds. The number of rotatable bonds is 7. The second-order valence-corrected chi connectivity index (χ2v) is 8.33. The topological polar surface area (TPSA) is 58.9 Å². The first kappa shape index (κ1) is 23.6. The Kier molecular flexibility index (Phi) is 7.01. The summed E-state index contributed by atoms with van der Waals surface area (Å²) in [6, 6.07) is 24.5. The second kappa shape index (κ2) is 10.1. The molecule has 0 radical (unpaired) electrons. The van der Waals surface area contributed by atoms with Gasteiger partial charge < -0.3 is 19.7 Å². The van der Waals surface area contributed by atoms with Gasteiger partial charge in [0.05, 0.1) is 27.4 Å². The Morgan fingerprint density at radius 1 is 0.559 bits per heavy atom. The maximum absolute atomic E-state index is 9.57. The molecule has 0 saturated heterocycles. The van der Waals surface area contributed by atoms with Crippen LogP contribution in [0.4, 0.5) is 0 Å². The standard InChI is InChI=1S/C30H30O4/c1-19-25(21-11-13-23(17-31)29(15-21)33-3)7-5-9-27(19)28-10-6-8-26(20(28)2)22-12-14-24(18-32)30(16-22)34-4/h5-16,31-32H,17-18H2,1-4H3. The van der Waals surface area contributed by atoms with Crippen LogP contribution in [0.2, 0.25) is 0 Å². The minimum Gasteiger partial charge on any atom is -0.496 e. The normalized spacial score (nSPS) is 10.9. The Bertz CT molecular complexity index is 1220. The zero-order valence-corrected chi connectivity index (χ0v) is 20.1. The summed E-state index contributed by atoms with van der Waals surface area (Å²) in [5.41, 5.74) is 10.6. The number of hydrogen-bond acceptors (Lipinski definition) is 4. The Balaban J connectivity index is 1.82. The number of hydrogen-bond donors (Lipinski definition) is 2. The van der Waals surface area contributed by atoms with Crippen LogP contribution >= 0.6 is 0 Å². The smallest absolute Gasteiger partial charge is 0.124 e. The summed E-state index contributed by atoms with van der Waals surface area (Å²) in [7, 11) is 3.25. The van der Waals surface area contributed by atoms with Gasteiger partial charge in [-0.2, -0.15) is 0 Å². The Hall–Kier alpha value is -3.60. The van der Waals surface area contributed by atoms with Gasteiger partial charge in [0.2, 0.25) is 0 Å². The van der Waals surface area contributed by atoms with Crippen LogP contribution in [0.1, 0.15) is 22.3 Å². The summed E-state index contributed by atoms with van der Waals surface area (Å²) in [5, 5.41) is 19.1. The lowest BCUT2D eigenvalue weighted by Gasteiger charge is -2.18. The van der Waals surface area contributed by atoms with E-state index in [-0.39, 0.29) is 13.2 Å². The van der Waals surface area contributed by atoms with E-state index in [9.17, 15) is 10.2 Å². The highest BCUT2D eigenvalue weighted by Gasteiger charge is 2.15. The van der Waals surface area contributed by atoms with E-state index in [1.54, 1.807) is 14.2 Å². The minimum atomic E-state index is -0.0570. The first-order chi connectivity index (χ1) is 16.5. The number of aliphatic hydroxyl groups is 2. The second-order valence-electron chi connectivity index (χ2n) is 8.33. The van der Waals surface area contributed by atoms with Gasteiger partial charge in [-0.05, 0) is 70.5 Å². The van der Waals surface area contributed by atoms with Gasteiger partial charge in [-0.25, -0.2) is 0 Å². The molecular formula is C30H30O4. The maximum atomic E-state index is 9.57. The maximum Gasteiger partial charge on any atom is 0.124 e. The molecule has 0 aliphatic rings. The van der Waals surface area contributed by atoms with Crippen molar-refractivity contribution in [3.63, 3.8) is 0 Å². The number of methoxy groups -OCH3 is 2.